The second kappa shape index (κ2) is 6.37. The van der Waals surface area contributed by atoms with Gasteiger partial charge in [-0.15, -0.1) is 6.58 Å². The molecule has 0 radical (unpaired) electrons. The Labute approximate surface area is 119 Å². The first-order valence-electron chi connectivity index (χ1n) is 6.87. The van der Waals surface area contributed by atoms with Gasteiger partial charge in [0.05, 0.1) is 17.9 Å². The molecule has 2 rings (SSSR count). The number of amides is 2. The lowest BCUT2D eigenvalue weighted by Gasteiger charge is -2.14. The van der Waals surface area contributed by atoms with Crippen LogP contribution in [0.3, 0.4) is 0 Å². The zero-order valence-electron chi connectivity index (χ0n) is 11.6. The summed E-state index contributed by atoms with van der Waals surface area (Å²) in [4.78, 5) is 23.8. The predicted octanol–water partition coefficient (Wildman–Crippen LogP) is 1.80. The van der Waals surface area contributed by atoms with E-state index in [1.807, 2.05) is 37.3 Å². The van der Waals surface area contributed by atoms with E-state index in [2.05, 4.69) is 17.2 Å². The van der Waals surface area contributed by atoms with Crippen molar-refractivity contribution in [1.29, 1.82) is 0 Å². The van der Waals surface area contributed by atoms with Crippen LogP contribution in [-0.2, 0) is 9.59 Å². The van der Waals surface area contributed by atoms with Crippen molar-refractivity contribution in [2.24, 2.45) is 11.8 Å². The highest BCUT2D eigenvalue weighted by Crippen LogP contribution is 2.39. The summed E-state index contributed by atoms with van der Waals surface area (Å²) in [5.41, 5.74) is 1.06. The highest BCUT2D eigenvalue weighted by atomic mass is 16.2. The molecule has 0 bridgehead atoms. The molecular formula is C16H20N2O2. The Balaban J connectivity index is 1.82. The van der Waals surface area contributed by atoms with Crippen molar-refractivity contribution in [3.05, 3.63) is 48.6 Å². The number of hydrogen-bond acceptors (Lipinski definition) is 2. The number of nitrogens with one attached hydrogen (secondary N) is 2. The summed E-state index contributed by atoms with van der Waals surface area (Å²) < 4.78 is 0. The minimum atomic E-state index is -0.189. The number of carbonyl (C=O) groups is 2. The van der Waals surface area contributed by atoms with E-state index in [0.29, 0.717) is 13.0 Å². The molecule has 20 heavy (non-hydrogen) atoms. The van der Waals surface area contributed by atoms with Crippen molar-refractivity contribution in [2.45, 2.75) is 19.4 Å². The summed E-state index contributed by atoms with van der Waals surface area (Å²) in [7, 11) is 0. The fourth-order valence-corrected chi connectivity index (χ4v) is 2.22. The van der Waals surface area contributed by atoms with Gasteiger partial charge in [0, 0.05) is 6.54 Å². The average Bonchev–Trinajstić information content (AvgIpc) is 3.26. The largest absolute Gasteiger partial charge is 0.352 e. The van der Waals surface area contributed by atoms with Gasteiger partial charge in [0.1, 0.15) is 0 Å². The summed E-state index contributed by atoms with van der Waals surface area (Å²) in [6.45, 7) is 5.94. The van der Waals surface area contributed by atoms with Gasteiger partial charge in [0.2, 0.25) is 11.8 Å². The molecule has 3 atom stereocenters. The number of rotatable bonds is 6. The normalized spacial score (nSPS) is 21.6. The van der Waals surface area contributed by atoms with Crippen LogP contribution in [0.2, 0.25) is 0 Å². The molecule has 1 aromatic carbocycles. The van der Waals surface area contributed by atoms with Crippen molar-refractivity contribution < 1.29 is 9.59 Å². The van der Waals surface area contributed by atoms with Gasteiger partial charge in [-0.25, -0.2) is 0 Å². The summed E-state index contributed by atoms with van der Waals surface area (Å²) >= 11 is 0. The Kier molecular flexibility index (Phi) is 4.56. The molecule has 1 aliphatic rings. The van der Waals surface area contributed by atoms with Gasteiger partial charge in [0.25, 0.3) is 0 Å². The van der Waals surface area contributed by atoms with Crippen LogP contribution in [0.4, 0.5) is 0 Å². The lowest BCUT2D eigenvalue weighted by atomic mass is 10.1. The first-order chi connectivity index (χ1) is 9.63. The molecule has 1 fully saturated rings. The van der Waals surface area contributed by atoms with Gasteiger partial charge in [0.15, 0.2) is 0 Å². The van der Waals surface area contributed by atoms with E-state index in [1.54, 1.807) is 6.08 Å². The summed E-state index contributed by atoms with van der Waals surface area (Å²) in [5.74, 6) is -0.471. The SMILES string of the molecule is C=CCNC(=O)C1CC1C(=O)NC(C)c1ccccc1. The first-order valence-corrected chi connectivity index (χ1v) is 6.87. The molecule has 0 heterocycles. The Hall–Kier alpha value is -2.10. The molecule has 2 amide bonds. The number of benzene rings is 1. The molecule has 4 heteroatoms. The molecule has 0 aliphatic heterocycles. The van der Waals surface area contributed by atoms with Gasteiger partial charge in [-0.2, -0.15) is 0 Å². The van der Waals surface area contributed by atoms with E-state index in [9.17, 15) is 9.59 Å². The third kappa shape index (κ3) is 3.47. The molecule has 0 aromatic heterocycles. The minimum Gasteiger partial charge on any atom is -0.352 e. The zero-order valence-corrected chi connectivity index (χ0v) is 11.6. The molecule has 1 aliphatic carbocycles. The lowest BCUT2D eigenvalue weighted by molar-refractivity contribution is -0.127. The molecule has 0 spiro atoms. The lowest BCUT2D eigenvalue weighted by Crippen LogP contribution is -2.31. The Bertz CT molecular complexity index is 498. The molecular weight excluding hydrogens is 252 g/mol. The minimum absolute atomic E-state index is 0.0406. The highest BCUT2D eigenvalue weighted by molar-refractivity contribution is 5.92. The molecule has 106 valence electrons. The van der Waals surface area contributed by atoms with Crippen LogP contribution >= 0.6 is 0 Å². The molecule has 3 unspecified atom stereocenters. The van der Waals surface area contributed by atoms with E-state index >= 15 is 0 Å². The van der Waals surface area contributed by atoms with Gasteiger partial charge in [-0.1, -0.05) is 36.4 Å². The summed E-state index contributed by atoms with van der Waals surface area (Å²) in [6, 6.07) is 9.75. The maximum Gasteiger partial charge on any atom is 0.224 e. The van der Waals surface area contributed by atoms with Crippen molar-refractivity contribution in [3.63, 3.8) is 0 Å². The summed E-state index contributed by atoms with van der Waals surface area (Å²) in [6.07, 6.45) is 2.27. The van der Waals surface area contributed by atoms with Crippen molar-refractivity contribution in [1.82, 2.24) is 10.6 Å². The van der Waals surface area contributed by atoms with Gasteiger partial charge >= 0.3 is 0 Å². The third-order valence-electron chi connectivity index (χ3n) is 3.54. The van der Waals surface area contributed by atoms with E-state index in [-0.39, 0.29) is 29.7 Å². The van der Waals surface area contributed by atoms with Gasteiger partial charge < -0.3 is 10.6 Å². The topological polar surface area (TPSA) is 58.2 Å². The number of hydrogen-bond donors (Lipinski definition) is 2. The molecule has 4 nitrogen and oxygen atoms in total. The molecule has 2 N–H and O–H groups in total. The smallest absolute Gasteiger partial charge is 0.224 e. The van der Waals surface area contributed by atoms with Crippen LogP contribution in [0, 0.1) is 11.8 Å². The van der Waals surface area contributed by atoms with Crippen molar-refractivity contribution in [3.8, 4) is 0 Å². The van der Waals surface area contributed by atoms with E-state index in [4.69, 9.17) is 0 Å². The van der Waals surface area contributed by atoms with Crippen molar-refractivity contribution >= 4 is 11.8 Å². The fraction of sp³-hybridized carbons (Fsp3) is 0.375. The molecule has 1 aromatic rings. The van der Waals surface area contributed by atoms with E-state index < -0.39 is 0 Å². The average molecular weight is 272 g/mol. The highest BCUT2D eigenvalue weighted by Gasteiger charge is 2.48. The quantitative estimate of drug-likeness (QED) is 0.776. The van der Waals surface area contributed by atoms with Crippen LogP contribution in [-0.4, -0.2) is 18.4 Å². The number of carbonyl (C=O) groups excluding carboxylic acids is 2. The second-order valence-corrected chi connectivity index (χ2v) is 5.12. The Morgan fingerprint density at radius 3 is 2.60 bits per heavy atom. The first kappa shape index (κ1) is 14.3. The standard InChI is InChI=1S/C16H20N2O2/c1-3-9-17-15(19)13-10-14(13)16(20)18-11(2)12-7-5-4-6-8-12/h3-8,11,13-14H,1,9-10H2,2H3,(H,17,19)(H,18,20). The van der Waals surface area contributed by atoms with Crippen LogP contribution < -0.4 is 10.6 Å². The van der Waals surface area contributed by atoms with Crippen LogP contribution in [0.15, 0.2) is 43.0 Å². The molecule has 1 saturated carbocycles. The maximum absolute atomic E-state index is 12.1. The van der Waals surface area contributed by atoms with E-state index in [1.165, 1.54) is 0 Å². The van der Waals surface area contributed by atoms with Crippen molar-refractivity contribution in [2.75, 3.05) is 6.54 Å². The van der Waals surface area contributed by atoms with Crippen LogP contribution in [0.5, 0.6) is 0 Å². The fourth-order valence-electron chi connectivity index (χ4n) is 2.22. The second-order valence-electron chi connectivity index (χ2n) is 5.12. The predicted molar refractivity (Wildman–Crippen MR) is 77.8 cm³/mol. The Morgan fingerprint density at radius 2 is 1.95 bits per heavy atom. The van der Waals surface area contributed by atoms with Gasteiger partial charge in [-0.3, -0.25) is 9.59 Å². The van der Waals surface area contributed by atoms with Crippen LogP contribution in [0.1, 0.15) is 24.9 Å². The zero-order chi connectivity index (χ0) is 14.5. The third-order valence-corrected chi connectivity index (χ3v) is 3.54. The molecule has 0 saturated heterocycles. The van der Waals surface area contributed by atoms with Gasteiger partial charge in [-0.05, 0) is 18.9 Å². The monoisotopic (exact) mass is 272 g/mol. The van der Waals surface area contributed by atoms with E-state index in [0.717, 1.165) is 5.56 Å². The maximum atomic E-state index is 12.1. The summed E-state index contributed by atoms with van der Waals surface area (Å²) in [5, 5.41) is 5.69. The Morgan fingerprint density at radius 1 is 1.30 bits per heavy atom. The van der Waals surface area contributed by atoms with Crippen LogP contribution in [0.25, 0.3) is 0 Å².